The van der Waals surface area contributed by atoms with Crippen molar-refractivity contribution in [3.63, 3.8) is 0 Å². The lowest BCUT2D eigenvalue weighted by Crippen LogP contribution is -2.45. The number of aliphatic hydroxyl groups excluding tert-OH is 8. The van der Waals surface area contributed by atoms with Crippen molar-refractivity contribution in [1.29, 1.82) is 0 Å². The highest BCUT2D eigenvalue weighted by molar-refractivity contribution is 6.08. The molecule has 20 nitrogen and oxygen atoms in total. The van der Waals surface area contributed by atoms with Crippen molar-refractivity contribution in [1.82, 2.24) is 20.4 Å². The quantitative estimate of drug-likeness (QED) is 0.0844. The maximum atomic E-state index is 14.0. The zero-order chi connectivity index (χ0) is 57.3. The zero-order valence-corrected chi connectivity index (χ0v) is 46.8. The molecule has 3 unspecified atom stereocenters. The summed E-state index contributed by atoms with van der Waals surface area (Å²) >= 11 is 0. The van der Waals surface area contributed by atoms with E-state index in [9.17, 15) is 54.3 Å². The Balaban J connectivity index is -0.000000455. The molecule has 0 fully saturated rings. The van der Waals surface area contributed by atoms with Crippen LogP contribution in [0.3, 0.4) is 0 Å². The molecule has 0 aliphatic carbocycles. The number of likely N-dealkylation sites (N-methyl/N-ethyl adjacent to an activating group) is 1. The fourth-order valence-corrected chi connectivity index (χ4v) is 6.35. The van der Waals surface area contributed by atoms with Crippen LogP contribution in [0.25, 0.3) is 0 Å². The summed E-state index contributed by atoms with van der Waals surface area (Å²) in [6.45, 7) is 31.6. The van der Waals surface area contributed by atoms with Crippen LogP contribution in [-0.2, 0) is 14.4 Å². The third kappa shape index (κ3) is 26.3. The van der Waals surface area contributed by atoms with Gasteiger partial charge >= 0.3 is 0 Å². The minimum atomic E-state index is -1.32. The normalized spacial score (nSPS) is 10.7. The van der Waals surface area contributed by atoms with Crippen molar-refractivity contribution >= 4 is 47.3 Å². The van der Waals surface area contributed by atoms with Crippen molar-refractivity contribution in [2.24, 2.45) is 0 Å². The first-order valence-corrected chi connectivity index (χ1v) is 24.6. The third-order valence-electron chi connectivity index (χ3n) is 9.62. The lowest BCUT2D eigenvalue weighted by molar-refractivity contribution is -0.119. The van der Waals surface area contributed by atoms with Crippen LogP contribution in [0, 0.1) is 48.5 Å². The lowest BCUT2D eigenvalue weighted by atomic mass is 9.89. The van der Waals surface area contributed by atoms with Crippen LogP contribution in [0.1, 0.15) is 153 Å². The minimum Gasteiger partial charge on any atom is -0.395 e. The molecule has 2 aromatic carbocycles. The molecular weight excluding hydrogens is 921 g/mol. The number of nitrogens with zero attached hydrogens (tertiary/aromatic N) is 2. The fourth-order valence-electron chi connectivity index (χ4n) is 6.35. The van der Waals surface area contributed by atoms with Gasteiger partial charge in [-0.1, -0.05) is 83.1 Å². The Hall–Kier alpha value is -5.06. The standard InChI is InChI=1S/C35H51N5O11.C4H9NO3.6C2H6/c1-17-18(2)29(22(6)31(19(17)3)37-26(47)15-43)35(51)40(9-10-41)13-25(46)12-39(8)34(50)30-20(4)28(33(49)36-11-24(45)14-42)21(5)32(23(30)7)38-27(48)16-44;6-2-4(8)1-5-3-7;6*1-2/h24-25,41-46H,9-16H2,1-8H3,(H,36,49)(H,37,47)(H,38,48);3-4,6,8H,1-2H2,(H,5,7);6*1-2H3. The highest BCUT2D eigenvalue weighted by atomic mass is 16.3. The van der Waals surface area contributed by atoms with Crippen LogP contribution in [0.2, 0.25) is 0 Å². The minimum absolute atomic E-state index is 0.0182. The molecular formula is C51H96N6O14. The molecule has 6 amide bonds. The first-order chi connectivity index (χ1) is 33.7. The Kier molecular flexibility index (Phi) is 50.2. The summed E-state index contributed by atoms with van der Waals surface area (Å²) in [6, 6.07) is 0. The molecule has 0 spiro atoms. The van der Waals surface area contributed by atoms with Crippen molar-refractivity contribution in [2.75, 3.05) is 83.4 Å². The summed E-state index contributed by atoms with van der Waals surface area (Å²) in [5.74, 6) is -3.32. The van der Waals surface area contributed by atoms with E-state index in [0.29, 0.717) is 28.8 Å². The third-order valence-corrected chi connectivity index (χ3v) is 9.62. The first-order valence-electron chi connectivity index (χ1n) is 24.6. The number of hydrogen-bond acceptors (Lipinski definition) is 14. The van der Waals surface area contributed by atoms with Crippen LogP contribution in [0.5, 0.6) is 0 Å². The Bertz CT molecular complexity index is 1830. The molecule has 0 radical (unpaired) electrons. The predicted octanol–water partition coefficient (Wildman–Crippen LogP) is 3.60. The highest BCUT2D eigenvalue weighted by Crippen LogP contribution is 2.33. The van der Waals surface area contributed by atoms with Gasteiger partial charge in [0.15, 0.2) is 0 Å². The van der Waals surface area contributed by atoms with E-state index >= 15 is 0 Å². The number of aliphatic hydroxyl groups is 8. The molecule has 0 aromatic heterocycles. The molecule has 0 bridgehead atoms. The average molecular weight is 1020 g/mol. The molecule has 2 aromatic rings. The second-order valence-corrected chi connectivity index (χ2v) is 13.9. The molecule has 2 rings (SSSR count). The second-order valence-electron chi connectivity index (χ2n) is 13.9. The topological polar surface area (TPSA) is 319 Å². The Morgan fingerprint density at radius 1 is 0.507 bits per heavy atom. The smallest absolute Gasteiger partial charge is 0.254 e. The summed E-state index contributed by atoms with van der Waals surface area (Å²) < 4.78 is 0. The van der Waals surface area contributed by atoms with Crippen LogP contribution < -0.4 is 21.3 Å². The van der Waals surface area contributed by atoms with Crippen LogP contribution in [0.15, 0.2) is 0 Å². The molecule has 414 valence electrons. The molecule has 12 N–H and O–H groups in total. The number of benzene rings is 2. The number of nitrogens with one attached hydrogen (secondary N) is 4. The largest absolute Gasteiger partial charge is 0.395 e. The molecule has 0 saturated carbocycles. The number of carbonyl (C=O) groups excluding carboxylic acids is 6. The summed E-state index contributed by atoms with van der Waals surface area (Å²) in [6.07, 6.45) is -2.92. The van der Waals surface area contributed by atoms with E-state index in [1.54, 1.807) is 41.5 Å². The number of amides is 6. The maximum Gasteiger partial charge on any atom is 0.254 e. The first kappa shape index (κ1) is 77.4. The highest BCUT2D eigenvalue weighted by Gasteiger charge is 2.30. The summed E-state index contributed by atoms with van der Waals surface area (Å²) in [5, 5.41) is 85.1. The molecule has 3 atom stereocenters. The van der Waals surface area contributed by atoms with E-state index < -0.39 is 74.3 Å². The molecule has 0 aliphatic heterocycles. The van der Waals surface area contributed by atoms with Crippen molar-refractivity contribution < 1.29 is 69.6 Å². The van der Waals surface area contributed by atoms with Gasteiger partial charge in [-0.05, 0) is 87.4 Å². The molecule has 20 heteroatoms. The van der Waals surface area contributed by atoms with Crippen molar-refractivity contribution in [2.45, 2.75) is 150 Å². The fraction of sp³-hybridized carbons (Fsp3) is 0.647. The van der Waals surface area contributed by atoms with Gasteiger partial charge in [-0.15, -0.1) is 0 Å². The van der Waals surface area contributed by atoms with E-state index in [0.717, 1.165) is 5.56 Å². The summed E-state index contributed by atoms with van der Waals surface area (Å²) in [7, 11) is 1.40. The Labute approximate surface area is 425 Å². The van der Waals surface area contributed by atoms with E-state index in [1.165, 1.54) is 23.8 Å². The van der Waals surface area contributed by atoms with Gasteiger partial charge in [-0.2, -0.15) is 0 Å². The van der Waals surface area contributed by atoms with Gasteiger partial charge < -0.3 is 71.9 Å². The second kappa shape index (κ2) is 46.0. The number of hydrogen-bond donors (Lipinski definition) is 12. The number of anilines is 2. The van der Waals surface area contributed by atoms with E-state index in [-0.39, 0.29) is 78.4 Å². The van der Waals surface area contributed by atoms with Crippen LogP contribution in [0.4, 0.5) is 11.4 Å². The summed E-state index contributed by atoms with van der Waals surface area (Å²) in [5.41, 5.74) is 4.07. The molecule has 0 heterocycles. The molecule has 71 heavy (non-hydrogen) atoms. The van der Waals surface area contributed by atoms with Crippen LogP contribution in [-0.4, -0.2) is 178 Å². The van der Waals surface area contributed by atoms with E-state index in [4.69, 9.17) is 15.3 Å². The summed E-state index contributed by atoms with van der Waals surface area (Å²) in [4.78, 5) is 77.4. The number of carbonyl (C=O) groups is 6. The van der Waals surface area contributed by atoms with Crippen molar-refractivity contribution in [3.05, 3.63) is 55.6 Å². The zero-order valence-electron chi connectivity index (χ0n) is 46.8. The molecule has 0 aliphatic rings. The van der Waals surface area contributed by atoms with Gasteiger partial charge in [0.2, 0.25) is 18.2 Å². The van der Waals surface area contributed by atoms with Crippen LogP contribution >= 0.6 is 0 Å². The van der Waals surface area contributed by atoms with Gasteiger partial charge in [0.25, 0.3) is 17.7 Å². The average Bonchev–Trinajstić information content (AvgIpc) is 3.39. The van der Waals surface area contributed by atoms with Gasteiger partial charge in [0, 0.05) is 67.8 Å². The maximum absolute atomic E-state index is 14.0. The van der Waals surface area contributed by atoms with E-state index in [2.05, 4.69) is 21.3 Å². The van der Waals surface area contributed by atoms with Crippen molar-refractivity contribution in [3.8, 4) is 0 Å². The van der Waals surface area contributed by atoms with Gasteiger partial charge in [0.1, 0.15) is 13.2 Å². The van der Waals surface area contributed by atoms with Gasteiger partial charge in [-0.3, -0.25) is 28.8 Å². The Morgan fingerprint density at radius 3 is 1.30 bits per heavy atom. The van der Waals surface area contributed by atoms with Gasteiger partial charge in [-0.25, -0.2) is 0 Å². The predicted molar refractivity (Wildman–Crippen MR) is 284 cm³/mol. The Morgan fingerprint density at radius 2 is 0.901 bits per heavy atom. The monoisotopic (exact) mass is 1020 g/mol. The van der Waals surface area contributed by atoms with E-state index in [1.807, 2.05) is 83.1 Å². The number of rotatable bonds is 20. The van der Waals surface area contributed by atoms with Gasteiger partial charge in [0.05, 0.1) is 38.1 Å². The SMILES string of the molecule is CC.CC.CC.CC.CC.CC.Cc1c(C)c(NC(=O)CO)c(C)c(C(=O)N(CCO)CC(O)CN(C)C(=O)c2c(C)c(NC(=O)CO)c(C)c(C(=O)NCC(O)CO)c2C)c1C.O=CNCC(O)CO. The molecule has 0 saturated heterocycles. The lowest BCUT2D eigenvalue weighted by Gasteiger charge is -2.30.